The van der Waals surface area contributed by atoms with E-state index in [1.807, 2.05) is 30.3 Å². The Morgan fingerprint density at radius 1 is 1.26 bits per heavy atom. The summed E-state index contributed by atoms with van der Waals surface area (Å²) in [6.07, 6.45) is 3.08. The molecule has 0 saturated heterocycles. The summed E-state index contributed by atoms with van der Waals surface area (Å²) in [7, 11) is 0. The van der Waals surface area contributed by atoms with Crippen LogP contribution in [0, 0.1) is 0 Å². The molecular weight excluding hydrogens is 242 g/mol. The van der Waals surface area contributed by atoms with Crippen molar-refractivity contribution in [2.75, 3.05) is 0 Å². The van der Waals surface area contributed by atoms with Gasteiger partial charge in [-0.25, -0.2) is 0 Å². The average molecular weight is 257 g/mol. The first kappa shape index (κ1) is 11.9. The largest absolute Gasteiger partial charge is 0.421 e. The summed E-state index contributed by atoms with van der Waals surface area (Å²) in [5.41, 5.74) is 0.892. The first-order valence-electron chi connectivity index (χ1n) is 6.48. The lowest BCUT2D eigenvalue weighted by Gasteiger charge is -2.00. The van der Waals surface area contributed by atoms with Gasteiger partial charge in [0, 0.05) is 24.4 Å². The minimum atomic E-state index is 0.0574. The number of carbonyl (C=O) groups excluding carboxylic acids is 1. The summed E-state index contributed by atoms with van der Waals surface area (Å²) >= 11 is 0. The third kappa shape index (κ3) is 3.19. The van der Waals surface area contributed by atoms with E-state index in [1.165, 1.54) is 0 Å². The molecule has 0 spiro atoms. The lowest BCUT2D eigenvalue weighted by atomic mass is 10.2. The van der Waals surface area contributed by atoms with Gasteiger partial charge in [0.1, 0.15) is 0 Å². The van der Waals surface area contributed by atoms with Crippen LogP contribution in [0.15, 0.2) is 34.7 Å². The monoisotopic (exact) mass is 257 g/mol. The fourth-order valence-electron chi connectivity index (χ4n) is 1.80. The molecule has 0 radical (unpaired) electrons. The smallest absolute Gasteiger partial charge is 0.247 e. The van der Waals surface area contributed by atoms with Crippen molar-refractivity contribution in [2.24, 2.45) is 0 Å². The Balaban J connectivity index is 1.57. The van der Waals surface area contributed by atoms with E-state index in [0.29, 0.717) is 30.7 Å². The van der Waals surface area contributed by atoms with Gasteiger partial charge >= 0.3 is 0 Å². The van der Waals surface area contributed by atoms with Gasteiger partial charge in [-0.3, -0.25) is 4.79 Å². The molecule has 1 aromatic heterocycles. The number of nitrogens with one attached hydrogen (secondary N) is 1. The van der Waals surface area contributed by atoms with Crippen LogP contribution in [0.3, 0.4) is 0 Å². The molecule has 5 heteroatoms. The number of aromatic nitrogens is 2. The second-order valence-corrected chi connectivity index (χ2v) is 4.71. The molecule has 5 nitrogen and oxygen atoms in total. The molecule has 1 fully saturated rings. The lowest BCUT2D eigenvalue weighted by molar-refractivity contribution is -0.121. The number of aryl methyl sites for hydroxylation is 1. The highest BCUT2D eigenvalue weighted by atomic mass is 16.4. The van der Waals surface area contributed by atoms with Crippen LogP contribution < -0.4 is 5.32 Å². The van der Waals surface area contributed by atoms with E-state index in [0.717, 1.165) is 18.4 Å². The Hall–Kier alpha value is -2.17. The molecular formula is C14H15N3O2. The Labute approximate surface area is 111 Å². The van der Waals surface area contributed by atoms with Crippen molar-refractivity contribution < 1.29 is 9.21 Å². The van der Waals surface area contributed by atoms with Crippen molar-refractivity contribution in [3.63, 3.8) is 0 Å². The lowest BCUT2D eigenvalue weighted by Crippen LogP contribution is -2.25. The van der Waals surface area contributed by atoms with Gasteiger partial charge in [0.2, 0.25) is 17.7 Å². The fraction of sp³-hybridized carbons (Fsp3) is 0.357. The molecule has 3 rings (SSSR count). The van der Waals surface area contributed by atoms with Gasteiger partial charge in [-0.1, -0.05) is 18.2 Å². The van der Waals surface area contributed by atoms with Gasteiger partial charge in [-0.05, 0) is 25.0 Å². The number of benzene rings is 1. The Morgan fingerprint density at radius 2 is 2.05 bits per heavy atom. The highest BCUT2D eigenvalue weighted by Gasteiger charge is 2.23. The summed E-state index contributed by atoms with van der Waals surface area (Å²) in [6.45, 7) is 0. The van der Waals surface area contributed by atoms with Gasteiger partial charge in [-0.2, -0.15) is 0 Å². The van der Waals surface area contributed by atoms with Crippen LogP contribution in [0.1, 0.15) is 25.2 Å². The van der Waals surface area contributed by atoms with Crippen molar-refractivity contribution in [3.8, 4) is 11.5 Å². The molecule has 98 valence electrons. The highest BCUT2D eigenvalue weighted by molar-refractivity contribution is 5.76. The number of rotatable bonds is 5. The predicted octanol–water partition coefficient (Wildman–Crippen LogP) is 1.95. The highest BCUT2D eigenvalue weighted by Crippen LogP contribution is 2.19. The molecule has 1 N–H and O–H groups in total. The van der Waals surface area contributed by atoms with Crippen LogP contribution in [0.2, 0.25) is 0 Å². The van der Waals surface area contributed by atoms with Crippen LogP contribution in [-0.4, -0.2) is 22.1 Å². The van der Waals surface area contributed by atoms with Crippen molar-refractivity contribution in [1.29, 1.82) is 0 Å². The van der Waals surface area contributed by atoms with E-state index in [4.69, 9.17) is 4.42 Å². The van der Waals surface area contributed by atoms with Crippen molar-refractivity contribution in [1.82, 2.24) is 15.5 Å². The Kier molecular flexibility index (Phi) is 3.27. The van der Waals surface area contributed by atoms with E-state index in [9.17, 15) is 4.79 Å². The molecule has 0 bridgehead atoms. The van der Waals surface area contributed by atoms with Gasteiger partial charge in [0.25, 0.3) is 0 Å². The molecule has 0 aliphatic heterocycles. The van der Waals surface area contributed by atoms with Gasteiger partial charge < -0.3 is 9.73 Å². The van der Waals surface area contributed by atoms with Crippen molar-refractivity contribution in [3.05, 3.63) is 36.2 Å². The van der Waals surface area contributed by atoms with Crippen LogP contribution in [0.5, 0.6) is 0 Å². The summed E-state index contributed by atoms with van der Waals surface area (Å²) in [4.78, 5) is 11.5. The quantitative estimate of drug-likeness (QED) is 0.888. The normalized spacial score (nSPS) is 14.3. The van der Waals surface area contributed by atoms with Crippen molar-refractivity contribution >= 4 is 5.91 Å². The van der Waals surface area contributed by atoms with E-state index >= 15 is 0 Å². The second kappa shape index (κ2) is 5.22. The Bertz CT molecular complexity index is 561. The first-order valence-corrected chi connectivity index (χ1v) is 6.48. The number of carbonyl (C=O) groups is 1. The van der Waals surface area contributed by atoms with Crippen LogP contribution in [0.4, 0.5) is 0 Å². The van der Waals surface area contributed by atoms with E-state index in [2.05, 4.69) is 15.5 Å². The molecule has 1 aliphatic rings. The molecule has 1 heterocycles. The average Bonchev–Trinajstić information content (AvgIpc) is 3.12. The molecule has 1 aliphatic carbocycles. The number of hydrogen-bond donors (Lipinski definition) is 1. The van der Waals surface area contributed by atoms with Crippen molar-refractivity contribution in [2.45, 2.75) is 31.7 Å². The van der Waals surface area contributed by atoms with E-state index < -0.39 is 0 Å². The molecule has 0 unspecified atom stereocenters. The molecule has 19 heavy (non-hydrogen) atoms. The maximum absolute atomic E-state index is 11.5. The SMILES string of the molecule is O=C(CCc1nnc(-c2ccccc2)o1)NC1CC1. The summed E-state index contributed by atoms with van der Waals surface area (Å²) < 4.78 is 5.54. The minimum absolute atomic E-state index is 0.0574. The summed E-state index contributed by atoms with van der Waals surface area (Å²) in [6, 6.07) is 10.00. The molecule has 1 aromatic carbocycles. The minimum Gasteiger partial charge on any atom is -0.421 e. The van der Waals surface area contributed by atoms with E-state index in [1.54, 1.807) is 0 Å². The maximum atomic E-state index is 11.5. The van der Waals surface area contributed by atoms with Gasteiger partial charge in [0.05, 0.1) is 0 Å². The fourth-order valence-corrected chi connectivity index (χ4v) is 1.80. The third-order valence-corrected chi connectivity index (χ3v) is 3.00. The number of amides is 1. The molecule has 0 atom stereocenters. The van der Waals surface area contributed by atoms with Gasteiger partial charge in [0.15, 0.2) is 0 Å². The number of nitrogens with zero attached hydrogens (tertiary/aromatic N) is 2. The number of hydrogen-bond acceptors (Lipinski definition) is 4. The Morgan fingerprint density at radius 3 is 2.79 bits per heavy atom. The molecule has 1 saturated carbocycles. The van der Waals surface area contributed by atoms with Crippen LogP contribution in [-0.2, 0) is 11.2 Å². The zero-order chi connectivity index (χ0) is 13.1. The zero-order valence-corrected chi connectivity index (χ0v) is 10.5. The van der Waals surface area contributed by atoms with E-state index in [-0.39, 0.29) is 5.91 Å². The first-order chi connectivity index (χ1) is 9.31. The predicted molar refractivity (Wildman–Crippen MR) is 69.2 cm³/mol. The standard InChI is InChI=1S/C14H15N3O2/c18-12(15-11-6-7-11)8-9-13-16-17-14(19-13)10-4-2-1-3-5-10/h1-5,11H,6-9H2,(H,15,18). The topological polar surface area (TPSA) is 68.0 Å². The molecule has 2 aromatic rings. The van der Waals surface area contributed by atoms with Crippen LogP contribution >= 0.6 is 0 Å². The maximum Gasteiger partial charge on any atom is 0.247 e. The third-order valence-electron chi connectivity index (χ3n) is 3.00. The van der Waals surface area contributed by atoms with Gasteiger partial charge in [-0.15, -0.1) is 10.2 Å². The summed E-state index contributed by atoms with van der Waals surface area (Å²) in [5, 5.41) is 10.9. The molecule has 1 amide bonds. The van der Waals surface area contributed by atoms with Crippen LogP contribution in [0.25, 0.3) is 11.5 Å². The summed E-state index contributed by atoms with van der Waals surface area (Å²) in [5.74, 6) is 1.06. The second-order valence-electron chi connectivity index (χ2n) is 4.71. The zero-order valence-electron chi connectivity index (χ0n) is 10.5.